The SMILES string of the molecule is Brc1cnc(-c2ccc3cc(-c4ncc(Br)s4)ccc3c2)s1. The quantitative estimate of drug-likeness (QED) is 0.342. The van der Waals surface area contributed by atoms with E-state index in [2.05, 4.69) is 78.2 Å². The Balaban J connectivity index is 1.79. The van der Waals surface area contributed by atoms with Crippen molar-refractivity contribution >= 4 is 65.3 Å². The maximum absolute atomic E-state index is 4.42. The van der Waals surface area contributed by atoms with Gasteiger partial charge in [0.05, 0.1) is 20.0 Å². The molecule has 2 nitrogen and oxygen atoms in total. The molecule has 2 aromatic carbocycles. The number of rotatable bonds is 2. The molecule has 0 saturated heterocycles. The Kier molecular flexibility index (Phi) is 3.86. The van der Waals surface area contributed by atoms with Crippen molar-refractivity contribution in [1.29, 1.82) is 0 Å². The van der Waals surface area contributed by atoms with Crippen LogP contribution in [0.3, 0.4) is 0 Å². The van der Waals surface area contributed by atoms with Crippen LogP contribution in [-0.2, 0) is 0 Å². The van der Waals surface area contributed by atoms with Crippen molar-refractivity contribution in [3.05, 3.63) is 56.4 Å². The number of hydrogen-bond acceptors (Lipinski definition) is 4. The molecule has 0 radical (unpaired) electrons. The molecule has 6 heteroatoms. The van der Waals surface area contributed by atoms with Crippen LogP contribution in [0.25, 0.3) is 31.9 Å². The van der Waals surface area contributed by atoms with Gasteiger partial charge in [-0.2, -0.15) is 0 Å². The Morgan fingerprint density at radius 2 is 1.14 bits per heavy atom. The summed E-state index contributed by atoms with van der Waals surface area (Å²) in [4.78, 5) is 8.84. The average Bonchev–Trinajstić information content (AvgIpc) is 3.15. The highest BCUT2D eigenvalue weighted by Crippen LogP contribution is 2.33. The smallest absolute Gasteiger partial charge is 0.124 e. The fourth-order valence-corrected chi connectivity index (χ4v) is 4.69. The van der Waals surface area contributed by atoms with E-state index in [1.807, 2.05) is 12.4 Å². The molecule has 0 aliphatic rings. The van der Waals surface area contributed by atoms with Crippen LogP contribution >= 0.6 is 54.5 Å². The number of thiazole rings is 2. The summed E-state index contributed by atoms with van der Waals surface area (Å²) in [6, 6.07) is 12.9. The van der Waals surface area contributed by atoms with E-state index < -0.39 is 0 Å². The number of benzene rings is 2. The van der Waals surface area contributed by atoms with Gasteiger partial charge in [0.2, 0.25) is 0 Å². The normalized spacial score (nSPS) is 11.2. The minimum absolute atomic E-state index is 1.03. The third-order valence-electron chi connectivity index (χ3n) is 3.29. The van der Waals surface area contributed by atoms with Crippen LogP contribution in [0.1, 0.15) is 0 Å². The third kappa shape index (κ3) is 2.76. The third-order valence-corrected chi connectivity index (χ3v) is 6.34. The van der Waals surface area contributed by atoms with Crippen molar-refractivity contribution in [1.82, 2.24) is 9.97 Å². The van der Waals surface area contributed by atoms with Gasteiger partial charge in [-0.25, -0.2) is 9.97 Å². The lowest BCUT2D eigenvalue weighted by Crippen LogP contribution is -1.80. The van der Waals surface area contributed by atoms with E-state index in [4.69, 9.17) is 0 Å². The van der Waals surface area contributed by atoms with Crippen molar-refractivity contribution in [2.24, 2.45) is 0 Å². The number of nitrogens with zero attached hydrogens (tertiary/aromatic N) is 2. The molecule has 0 aliphatic heterocycles. The maximum atomic E-state index is 4.42. The summed E-state index contributed by atoms with van der Waals surface area (Å²) in [5.74, 6) is 0. The largest absolute Gasteiger partial charge is 0.243 e. The molecular formula is C16H8Br2N2S2. The van der Waals surface area contributed by atoms with Crippen LogP contribution in [-0.4, -0.2) is 9.97 Å². The highest BCUT2D eigenvalue weighted by Gasteiger charge is 2.07. The topological polar surface area (TPSA) is 25.8 Å². The van der Waals surface area contributed by atoms with Gasteiger partial charge >= 0.3 is 0 Å². The molecule has 0 spiro atoms. The molecule has 22 heavy (non-hydrogen) atoms. The maximum Gasteiger partial charge on any atom is 0.124 e. The summed E-state index contributed by atoms with van der Waals surface area (Å²) in [7, 11) is 0. The van der Waals surface area contributed by atoms with Gasteiger partial charge in [0.25, 0.3) is 0 Å². The van der Waals surface area contributed by atoms with Crippen molar-refractivity contribution in [3.8, 4) is 21.1 Å². The van der Waals surface area contributed by atoms with Crippen LogP contribution in [0.4, 0.5) is 0 Å². The fourth-order valence-electron chi connectivity index (χ4n) is 2.29. The van der Waals surface area contributed by atoms with E-state index in [0.29, 0.717) is 0 Å². The van der Waals surface area contributed by atoms with Crippen LogP contribution in [0.5, 0.6) is 0 Å². The minimum atomic E-state index is 1.03. The molecule has 2 heterocycles. The second-order valence-corrected chi connectivity index (χ2v) is 9.54. The zero-order chi connectivity index (χ0) is 15.1. The zero-order valence-corrected chi connectivity index (χ0v) is 15.9. The minimum Gasteiger partial charge on any atom is -0.243 e. The summed E-state index contributed by atoms with van der Waals surface area (Å²) in [5.41, 5.74) is 2.29. The summed E-state index contributed by atoms with van der Waals surface area (Å²) in [6.45, 7) is 0. The standard InChI is InChI=1S/C16H8Br2N2S2/c17-13-7-19-15(21-13)11-3-1-9-5-12(4-2-10(9)6-11)16-20-8-14(18)22-16/h1-8H. The molecule has 0 amide bonds. The van der Waals surface area contributed by atoms with E-state index in [-0.39, 0.29) is 0 Å². The molecule has 0 bridgehead atoms. The lowest BCUT2D eigenvalue weighted by Gasteiger charge is -2.03. The zero-order valence-electron chi connectivity index (χ0n) is 11.1. The number of hydrogen-bond donors (Lipinski definition) is 0. The van der Waals surface area contributed by atoms with Gasteiger partial charge in [-0.15, -0.1) is 22.7 Å². The molecule has 0 saturated carbocycles. The molecule has 0 unspecified atom stereocenters. The highest BCUT2D eigenvalue weighted by atomic mass is 79.9. The molecular weight excluding hydrogens is 444 g/mol. The predicted octanol–water partition coefficient (Wildman–Crippen LogP) is 6.61. The molecule has 108 valence electrons. The van der Waals surface area contributed by atoms with Gasteiger partial charge in [0.15, 0.2) is 0 Å². The van der Waals surface area contributed by atoms with E-state index in [1.165, 1.54) is 10.8 Å². The molecule has 0 atom stereocenters. The van der Waals surface area contributed by atoms with Crippen LogP contribution in [0, 0.1) is 0 Å². The lowest BCUT2D eigenvalue weighted by molar-refractivity contribution is 1.41. The first kappa shape index (κ1) is 14.5. The first-order valence-electron chi connectivity index (χ1n) is 6.46. The van der Waals surface area contributed by atoms with E-state index in [0.717, 1.165) is 28.7 Å². The Labute approximate surface area is 152 Å². The molecule has 2 aromatic heterocycles. The first-order valence-corrected chi connectivity index (χ1v) is 9.68. The van der Waals surface area contributed by atoms with Crippen LogP contribution in [0.15, 0.2) is 56.4 Å². The molecule has 0 fully saturated rings. The molecule has 0 aliphatic carbocycles. The van der Waals surface area contributed by atoms with Gasteiger partial charge in [-0.05, 0) is 54.8 Å². The van der Waals surface area contributed by atoms with E-state index in [9.17, 15) is 0 Å². The van der Waals surface area contributed by atoms with Gasteiger partial charge in [0.1, 0.15) is 10.0 Å². The first-order chi connectivity index (χ1) is 10.7. The highest BCUT2D eigenvalue weighted by molar-refractivity contribution is 9.11. The Hall–Kier alpha value is -1.08. The van der Waals surface area contributed by atoms with Gasteiger partial charge in [-0.1, -0.05) is 24.3 Å². The summed E-state index contributed by atoms with van der Waals surface area (Å²) < 4.78 is 2.10. The Morgan fingerprint density at radius 3 is 1.50 bits per heavy atom. The summed E-state index contributed by atoms with van der Waals surface area (Å²) >= 11 is 10.2. The monoisotopic (exact) mass is 450 g/mol. The van der Waals surface area contributed by atoms with Crippen LogP contribution in [0.2, 0.25) is 0 Å². The van der Waals surface area contributed by atoms with Gasteiger partial charge < -0.3 is 0 Å². The second-order valence-electron chi connectivity index (χ2n) is 4.72. The average molecular weight is 452 g/mol. The van der Waals surface area contributed by atoms with Crippen molar-refractivity contribution < 1.29 is 0 Å². The van der Waals surface area contributed by atoms with Crippen molar-refractivity contribution in [2.45, 2.75) is 0 Å². The Bertz CT molecular complexity index is 896. The van der Waals surface area contributed by atoms with Gasteiger partial charge in [-0.3, -0.25) is 0 Å². The summed E-state index contributed by atoms with van der Waals surface area (Å²) in [6.07, 6.45) is 3.68. The number of halogens is 2. The Morgan fingerprint density at radius 1 is 0.682 bits per heavy atom. The molecule has 0 N–H and O–H groups in total. The summed E-state index contributed by atoms with van der Waals surface area (Å²) in [5, 5.41) is 4.48. The van der Waals surface area contributed by atoms with E-state index in [1.54, 1.807) is 22.7 Å². The van der Waals surface area contributed by atoms with Gasteiger partial charge in [0, 0.05) is 11.1 Å². The van der Waals surface area contributed by atoms with Crippen molar-refractivity contribution in [3.63, 3.8) is 0 Å². The fraction of sp³-hybridized carbons (Fsp3) is 0. The van der Waals surface area contributed by atoms with Crippen LogP contribution < -0.4 is 0 Å². The lowest BCUT2D eigenvalue weighted by atomic mass is 10.0. The predicted molar refractivity (Wildman–Crippen MR) is 102 cm³/mol. The second kappa shape index (κ2) is 5.85. The number of fused-ring (bicyclic) bond motifs is 1. The van der Waals surface area contributed by atoms with Crippen molar-refractivity contribution in [2.75, 3.05) is 0 Å². The van der Waals surface area contributed by atoms with E-state index >= 15 is 0 Å². The number of aromatic nitrogens is 2. The molecule has 4 aromatic rings. The molecule has 4 rings (SSSR count).